The minimum atomic E-state index is 0.0714. The molecule has 0 aromatic carbocycles. The van der Waals surface area contributed by atoms with Gasteiger partial charge in [0, 0.05) is 19.6 Å². The third kappa shape index (κ3) is 2.96. The third-order valence-electron chi connectivity index (χ3n) is 2.57. The molecule has 1 heterocycles. The van der Waals surface area contributed by atoms with Gasteiger partial charge in [0.2, 0.25) is 5.91 Å². The zero-order valence-corrected chi connectivity index (χ0v) is 9.42. The Labute approximate surface area is 86.2 Å². The minimum Gasteiger partial charge on any atom is -0.340 e. The van der Waals surface area contributed by atoms with E-state index in [1.165, 1.54) is 0 Å². The summed E-state index contributed by atoms with van der Waals surface area (Å²) in [6.07, 6.45) is 0.958. The molecule has 1 aliphatic rings. The number of hydrogen-bond acceptors (Lipinski definition) is 3. The average molecular weight is 199 g/mol. The Kier molecular flexibility index (Phi) is 4.35. The first-order valence-corrected chi connectivity index (χ1v) is 5.32. The summed E-state index contributed by atoms with van der Waals surface area (Å²) in [6.45, 7) is 5.62. The van der Waals surface area contributed by atoms with Crippen LogP contribution in [0.15, 0.2) is 0 Å². The molecule has 14 heavy (non-hydrogen) atoms. The molecular formula is C10H21N3O. The molecule has 1 atom stereocenters. The molecule has 0 bridgehead atoms. The van der Waals surface area contributed by atoms with Crippen LogP contribution in [0.5, 0.6) is 0 Å². The van der Waals surface area contributed by atoms with Crippen molar-refractivity contribution >= 4 is 5.91 Å². The molecule has 0 radical (unpaired) electrons. The highest BCUT2D eigenvalue weighted by molar-refractivity contribution is 5.83. The zero-order valence-electron chi connectivity index (χ0n) is 9.42. The number of carbonyl (C=O) groups is 1. The van der Waals surface area contributed by atoms with Gasteiger partial charge in [0.1, 0.15) is 0 Å². The normalized spacial score (nSPS) is 22.4. The van der Waals surface area contributed by atoms with Gasteiger partial charge in [-0.15, -0.1) is 0 Å². The van der Waals surface area contributed by atoms with E-state index in [1.54, 1.807) is 0 Å². The second-order valence-electron chi connectivity index (χ2n) is 4.03. The Balaban J connectivity index is 2.32. The van der Waals surface area contributed by atoms with Crippen molar-refractivity contribution in [2.75, 3.05) is 40.3 Å². The number of rotatable bonds is 5. The van der Waals surface area contributed by atoms with Crippen molar-refractivity contribution in [2.45, 2.75) is 19.4 Å². The fraction of sp³-hybridized carbons (Fsp3) is 0.900. The number of amides is 1. The predicted molar refractivity (Wildman–Crippen MR) is 57.2 cm³/mol. The lowest BCUT2D eigenvalue weighted by molar-refractivity contribution is -0.129. The number of likely N-dealkylation sites (N-methyl/N-ethyl adjacent to an activating group) is 2. The molecule has 4 nitrogen and oxygen atoms in total. The van der Waals surface area contributed by atoms with E-state index in [1.807, 2.05) is 25.9 Å². The lowest BCUT2D eigenvalue weighted by Gasteiger charge is -2.19. The molecule has 1 fully saturated rings. The highest BCUT2D eigenvalue weighted by Crippen LogP contribution is 2.10. The molecule has 0 spiro atoms. The maximum Gasteiger partial charge on any atom is 0.239 e. The van der Waals surface area contributed by atoms with Crippen LogP contribution in [0.25, 0.3) is 0 Å². The van der Waals surface area contributed by atoms with Gasteiger partial charge in [0.25, 0.3) is 0 Å². The molecule has 1 unspecified atom stereocenters. The molecule has 1 aliphatic heterocycles. The Morgan fingerprint density at radius 2 is 2.29 bits per heavy atom. The van der Waals surface area contributed by atoms with Crippen molar-refractivity contribution in [2.24, 2.45) is 0 Å². The molecular weight excluding hydrogens is 178 g/mol. The van der Waals surface area contributed by atoms with Crippen LogP contribution in [0, 0.1) is 0 Å². The van der Waals surface area contributed by atoms with Gasteiger partial charge in [0.15, 0.2) is 0 Å². The van der Waals surface area contributed by atoms with Crippen molar-refractivity contribution in [1.29, 1.82) is 0 Å². The second-order valence-corrected chi connectivity index (χ2v) is 4.03. The van der Waals surface area contributed by atoms with Gasteiger partial charge in [-0.2, -0.15) is 0 Å². The first-order chi connectivity index (χ1) is 6.65. The highest BCUT2D eigenvalue weighted by Gasteiger charge is 2.30. The molecule has 1 N–H and O–H groups in total. The van der Waals surface area contributed by atoms with Crippen LogP contribution < -0.4 is 5.32 Å². The average Bonchev–Trinajstić information content (AvgIpc) is 2.46. The zero-order chi connectivity index (χ0) is 10.6. The number of likely N-dealkylation sites (tertiary alicyclic amines) is 1. The molecule has 4 heteroatoms. The van der Waals surface area contributed by atoms with Crippen LogP contribution in [0.4, 0.5) is 0 Å². The van der Waals surface area contributed by atoms with Crippen LogP contribution in [0.3, 0.4) is 0 Å². The standard InChI is InChI=1S/C10H21N3O/c1-4-11-9-5-6-13(10(9)14)8-7-12(2)3/h9,11H,4-8H2,1-3H3. The number of nitrogens with zero attached hydrogens (tertiary/aromatic N) is 2. The topological polar surface area (TPSA) is 35.6 Å². The number of nitrogens with one attached hydrogen (secondary N) is 1. The number of hydrogen-bond donors (Lipinski definition) is 1. The van der Waals surface area contributed by atoms with Crippen LogP contribution in [0.1, 0.15) is 13.3 Å². The predicted octanol–water partition coefficient (Wildman–Crippen LogP) is -0.242. The maximum absolute atomic E-state index is 11.8. The van der Waals surface area contributed by atoms with Crippen molar-refractivity contribution in [3.63, 3.8) is 0 Å². The summed E-state index contributed by atoms with van der Waals surface area (Å²) in [7, 11) is 4.06. The lowest BCUT2D eigenvalue weighted by Crippen LogP contribution is -2.40. The molecule has 82 valence electrons. The van der Waals surface area contributed by atoms with Crippen LogP contribution in [-0.2, 0) is 4.79 Å². The summed E-state index contributed by atoms with van der Waals surface area (Å²) in [5, 5.41) is 3.21. The van der Waals surface area contributed by atoms with E-state index in [-0.39, 0.29) is 11.9 Å². The Morgan fingerprint density at radius 3 is 2.86 bits per heavy atom. The van der Waals surface area contributed by atoms with E-state index in [0.717, 1.165) is 32.6 Å². The molecule has 1 rings (SSSR count). The SMILES string of the molecule is CCNC1CCN(CCN(C)C)C1=O. The molecule has 0 aromatic rings. The lowest BCUT2D eigenvalue weighted by atomic mass is 10.2. The first kappa shape index (κ1) is 11.5. The molecule has 1 amide bonds. The van der Waals surface area contributed by atoms with Crippen molar-refractivity contribution < 1.29 is 4.79 Å². The second kappa shape index (κ2) is 5.32. The van der Waals surface area contributed by atoms with E-state index in [0.29, 0.717) is 0 Å². The summed E-state index contributed by atoms with van der Waals surface area (Å²) in [4.78, 5) is 15.8. The Hall–Kier alpha value is -0.610. The van der Waals surface area contributed by atoms with Crippen molar-refractivity contribution in [1.82, 2.24) is 15.1 Å². The quantitative estimate of drug-likeness (QED) is 0.664. The van der Waals surface area contributed by atoms with Crippen LogP contribution in [0.2, 0.25) is 0 Å². The summed E-state index contributed by atoms with van der Waals surface area (Å²) in [5.74, 6) is 0.272. The maximum atomic E-state index is 11.8. The van der Waals surface area contributed by atoms with Gasteiger partial charge in [-0.25, -0.2) is 0 Å². The largest absolute Gasteiger partial charge is 0.340 e. The summed E-state index contributed by atoms with van der Waals surface area (Å²) in [5.41, 5.74) is 0. The van der Waals surface area contributed by atoms with Gasteiger partial charge in [-0.05, 0) is 27.1 Å². The van der Waals surface area contributed by atoms with Gasteiger partial charge in [-0.1, -0.05) is 6.92 Å². The van der Waals surface area contributed by atoms with Crippen LogP contribution >= 0.6 is 0 Å². The minimum absolute atomic E-state index is 0.0714. The first-order valence-electron chi connectivity index (χ1n) is 5.32. The molecule has 0 aromatic heterocycles. The van der Waals surface area contributed by atoms with Gasteiger partial charge in [-0.3, -0.25) is 4.79 Å². The fourth-order valence-corrected chi connectivity index (χ4v) is 1.72. The van der Waals surface area contributed by atoms with Gasteiger partial charge < -0.3 is 15.1 Å². The third-order valence-corrected chi connectivity index (χ3v) is 2.57. The van der Waals surface area contributed by atoms with Crippen LogP contribution in [-0.4, -0.2) is 62.0 Å². The van der Waals surface area contributed by atoms with E-state index in [9.17, 15) is 4.79 Å². The van der Waals surface area contributed by atoms with Gasteiger partial charge in [0.05, 0.1) is 6.04 Å². The molecule has 0 saturated carbocycles. The fourth-order valence-electron chi connectivity index (χ4n) is 1.72. The summed E-state index contributed by atoms with van der Waals surface area (Å²) >= 11 is 0. The monoisotopic (exact) mass is 199 g/mol. The number of carbonyl (C=O) groups excluding carboxylic acids is 1. The highest BCUT2D eigenvalue weighted by atomic mass is 16.2. The summed E-state index contributed by atoms with van der Waals surface area (Å²) in [6, 6.07) is 0.0714. The van der Waals surface area contributed by atoms with Gasteiger partial charge >= 0.3 is 0 Å². The van der Waals surface area contributed by atoms with E-state index >= 15 is 0 Å². The van der Waals surface area contributed by atoms with Crippen molar-refractivity contribution in [3.05, 3.63) is 0 Å². The van der Waals surface area contributed by atoms with E-state index in [2.05, 4.69) is 10.2 Å². The summed E-state index contributed by atoms with van der Waals surface area (Å²) < 4.78 is 0. The molecule has 0 aliphatic carbocycles. The molecule has 1 saturated heterocycles. The van der Waals surface area contributed by atoms with E-state index < -0.39 is 0 Å². The smallest absolute Gasteiger partial charge is 0.239 e. The van der Waals surface area contributed by atoms with E-state index in [4.69, 9.17) is 0 Å². The Morgan fingerprint density at radius 1 is 1.57 bits per heavy atom. The Bertz CT molecular complexity index is 194. The van der Waals surface area contributed by atoms with Crippen molar-refractivity contribution in [3.8, 4) is 0 Å².